The number of aromatic nitrogens is 2. The molecule has 0 aliphatic heterocycles. The predicted molar refractivity (Wildman–Crippen MR) is 95.3 cm³/mol. The fraction of sp³-hybridized carbons (Fsp3) is 0.421. The molecule has 0 aliphatic carbocycles. The Bertz CT molecular complexity index is 743. The summed E-state index contributed by atoms with van der Waals surface area (Å²) in [5.74, 6) is -0.283. The molecule has 0 bridgehead atoms. The third kappa shape index (κ3) is 3.72. The van der Waals surface area contributed by atoms with Gasteiger partial charge in [-0.2, -0.15) is 5.10 Å². The van der Waals surface area contributed by atoms with Crippen LogP contribution in [-0.2, 0) is 11.2 Å². The zero-order valence-electron chi connectivity index (χ0n) is 15.0. The van der Waals surface area contributed by atoms with Crippen LogP contribution in [0, 0.1) is 19.8 Å². The van der Waals surface area contributed by atoms with Crippen molar-refractivity contribution in [1.29, 1.82) is 0 Å². The van der Waals surface area contributed by atoms with E-state index in [1.807, 2.05) is 27.7 Å². The van der Waals surface area contributed by atoms with Gasteiger partial charge >= 0.3 is 0 Å². The summed E-state index contributed by atoms with van der Waals surface area (Å²) in [6.45, 7) is 9.66. The number of rotatable bonds is 5. The summed E-state index contributed by atoms with van der Waals surface area (Å²) in [5, 5.41) is 7.21. The first kappa shape index (κ1) is 17.9. The van der Waals surface area contributed by atoms with Gasteiger partial charge in [-0.1, -0.05) is 27.2 Å². The van der Waals surface area contributed by atoms with Crippen LogP contribution in [0.5, 0.6) is 0 Å². The van der Waals surface area contributed by atoms with Crippen molar-refractivity contribution in [1.82, 2.24) is 9.78 Å². The van der Waals surface area contributed by atoms with E-state index in [4.69, 9.17) is 0 Å². The maximum atomic E-state index is 12.7. The normalized spacial score (nSPS) is 10.9. The average molecular weight is 327 g/mol. The van der Waals surface area contributed by atoms with E-state index in [-0.39, 0.29) is 17.7 Å². The van der Waals surface area contributed by atoms with Crippen LogP contribution in [0.25, 0.3) is 0 Å². The van der Waals surface area contributed by atoms with E-state index in [0.29, 0.717) is 11.3 Å². The molecule has 0 atom stereocenters. The monoisotopic (exact) mass is 327 g/mol. The lowest BCUT2D eigenvalue weighted by Crippen LogP contribution is -2.18. The maximum Gasteiger partial charge on any atom is 0.278 e. The Labute approximate surface area is 143 Å². The van der Waals surface area contributed by atoms with E-state index >= 15 is 0 Å². The predicted octanol–water partition coefficient (Wildman–Crippen LogP) is 3.74. The van der Waals surface area contributed by atoms with Crippen molar-refractivity contribution in [3.05, 3.63) is 46.8 Å². The van der Waals surface area contributed by atoms with Crippen LogP contribution >= 0.6 is 0 Å². The molecule has 0 saturated carbocycles. The van der Waals surface area contributed by atoms with Gasteiger partial charge < -0.3 is 5.32 Å². The average Bonchev–Trinajstić information content (AvgIpc) is 2.83. The number of amides is 1. The van der Waals surface area contributed by atoms with Crippen molar-refractivity contribution < 1.29 is 9.59 Å². The van der Waals surface area contributed by atoms with Gasteiger partial charge in [0, 0.05) is 22.9 Å². The summed E-state index contributed by atoms with van der Waals surface area (Å²) in [5.41, 5.74) is 4.18. The number of hydrogen-bond donors (Lipinski definition) is 1. The molecule has 2 aromatic rings. The molecule has 0 radical (unpaired) electrons. The Hall–Kier alpha value is -2.43. The van der Waals surface area contributed by atoms with Crippen molar-refractivity contribution in [2.24, 2.45) is 5.92 Å². The molecule has 5 heteroatoms. The highest BCUT2D eigenvalue weighted by Crippen LogP contribution is 2.18. The zero-order valence-corrected chi connectivity index (χ0v) is 15.0. The first-order valence-corrected chi connectivity index (χ1v) is 8.35. The molecular formula is C19H25N3O2. The Balaban J connectivity index is 2.22. The molecule has 2 rings (SSSR count). The summed E-state index contributed by atoms with van der Waals surface area (Å²) in [6, 6.07) is 6.92. The summed E-state index contributed by atoms with van der Waals surface area (Å²) in [4.78, 5) is 24.4. The van der Waals surface area contributed by atoms with Crippen molar-refractivity contribution in [3.8, 4) is 0 Å². The molecule has 1 amide bonds. The van der Waals surface area contributed by atoms with Crippen LogP contribution in [0.2, 0.25) is 0 Å². The summed E-state index contributed by atoms with van der Waals surface area (Å²) in [7, 11) is 0. The lowest BCUT2D eigenvalue weighted by Gasteiger charge is -2.09. The molecule has 24 heavy (non-hydrogen) atoms. The summed E-state index contributed by atoms with van der Waals surface area (Å²) in [6.07, 6.45) is 1.94. The van der Waals surface area contributed by atoms with E-state index in [9.17, 15) is 9.59 Å². The minimum atomic E-state index is -0.153. The molecule has 1 heterocycles. The van der Waals surface area contributed by atoms with Crippen LogP contribution in [0.1, 0.15) is 54.5 Å². The molecule has 0 spiro atoms. The van der Waals surface area contributed by atoms with Gasteiger partial charge in [-0.15, -0.1) is 0 Å². The lowest BCUT2D eigenvalue weighted by atomic mass is 10.1. The second-order valence-corrected chi connectivity index (χ2v) is 6.34. The standard InChI is InChI=1S/C19H25N3O2/c1-6-7-17-13(4)21-22(14(17)5)19(24)15-8-10-16(11-9-15)20-18(23)12(2)3/h8-12H,6-7H2,1-5H3,(H,20,23). The van der Waals surface area contributed by atoms with Gasteiger partial charge in [0.05, 0.1) is 5.69 Å². The first-order chi connectivity index (χ1) is 11.3. The number of benzene rings is 1. The molecule has 0 saturated heterocycles. The number of nitrogens with zero attached hydrogens (tertiary/aromatic N) is 2. The molecule has 1 aromatic carbocycles. The maximum absolute atomic E-state index is 12.7. The number of carbonyl (C=O) groups excluding carboxylic acids is 2. The van der Waals surface area contributed by atoms with Crippen LogP contribution in [-0.4, -0.2) is 21.6 Å². The second-order valence-electron chi connectivity index (χ2n) is 6.34. The fourth-order valence-electron chi connectivity index (χ4n) is 2.59. The van der Waals surface area contributed by atoms with Crippen molar-refractivity contribution >= 4 is 17.5 Å². The molecule has 0 aliphatic rings. The SMILES string of the molecule is CCCc1c(C)nn(C(=O)c2ccc(NC(=O)C(C)C)cc2)c1C. The molecule has 0 fully saturated rings. The van der Waals surface area contributed by atoms with Gasteiger partial charge in [-0.25, -0.2) is 4.68 Å². The highest BCUT2D eigenvalue weighted by Gasteiger charge is 2.17. The minimum absolute atomic E-state index is 0.0446. The lowest BCUT2D eigenvalue weighted by molar-refractivity contribution is -0.118. The van der Waals surface area contributed by atoms with Gasteiger partial charge in [-0.05, 0) is 50.1 Å². The Morgan fingerprint density at radius 2 is 1.79 bits per heavy atom. The van der Waals surface area contributed by atoms with Crippen LogP contribution in [0.4, 0.5) is 5.69 Å². The third-order valence-electron chi connectivity index (χ3n) is 4.06. The largest absolute Gasteiger partial charge is 0.326 e. The van der Waals surface area contributed by atoms with Gasteiger partial charge in [-0.3, -0.25) is 9.59 Å². The number of nitrogens with one attached hydrogen (secondary N) is 1. The number of anilines is 1. The van der Waals surface area contributed by atoms with Gasteiger partial charge in [0.15, 0.2) is 0 Å². The third-order valence-corrected chi connectivity index (χ3v) is 4.06. The number of carbonyl (C=O) groups is 2. The summed E-state index contributed by atoms with van der Waals surface area (Å²) < 4.78 is 1.47. The van der Waals surface area contributed by atoms with Crippen LogP contribution in [0.15, 0.2) is 24.3 Å². The molecule has 128 valence electrons. The molecule has 1 aromatic heterocycles. The highest BCUT2D eigenvalue weighted by atomic mass is 16.2. The molecule has 5 nitrogen and oxygen atoms in total. The van der Waals surface area contributed by atoms with E-state index in [2.05, 4.69) is 17.3 Å². The Morgan fingerprint density at radius 1 is 1.17 bits per heavy atom. The van der Waals surface area contributed by atoms with Crippen molar-refractivity contribution in [2.75, 3.05) is 5.32 Å². The number of aryl methyl sites for hydroxylation is 1. The molecule has 0 unspecified atom stereocenters. The van der Waals surface area contributed by atoms with Gasteiger partial charge in [0.1, 0.15) is 0 Å². The molecular weight excluding hydrogens is 302 g/mol. The second kappa shape index (κ2) is 7.43. The minimum Gasteiger partial charge on any atom is -0.326 e. The number of hydrogen-bond acceptors (Lipinski definition) is 3. The van der Waals surface area contributed by atoms with E-state index in [0.717, 1.165) is 29.8 Å². The van der Waals surface area contributed by atoms with E-state index in [1.54, 1.807) is 24.3 Å². The van der Waals surface area contributed by atoms with E-state index in [1.165, 1.54) is 4.68 Å². The van der Waals surface area contributed by atoms with Crippen molar-refractivity contribution in [2.45, 2.75) is 47.5 Å². The first-order valence-electron chi connectivity index (χ1n) is 8.35. The summed E-state index contributed by atoms with van der Waals surface area (Å²) >= 11 is 0. The fourth-order valence-corrected chi connectivity index (χ4v) is 2.59. The van der Waals surface area contributed by atoms with Crippen LogP contribution < -0.4 is 5.32 Å². The smallest absolute Gasteiger partial charge is 0.278 e. The highest BCUT2D eigenvalue weighted by molar-refractivity contribution is 5.97. The Kier molecular flexibility index (Phi) is 5.54. The molecule has 1 N–H and O–H groups in total. The quantitative estimate of drug-likeness (QED) is 0.910. The van der Waals surface area contributed by atoms with Gasteiger partial charge in [0.25, 0.3) is 5.91 Å². The Morgan fingerprint density at radius 3 is 2.33 bits per heavy atom. The van der Waals surface area contributed by atoms with Crippen molar-refractivity contribution in [3.63, 3.8) is 0 Å². The van der Waals surface area contributed by atoms with Gasteiger partial charge in [0.2, 0.25) is 5.91 Å². The van der Waals surface area contributed by atoms with Crippen LogP contribution in [0.3, 0.4) is 0 Å². The topological polar surface area (TPSA) is 64.0 Å². The zero-order chi connectivity index (χ0) is 17.9. The van der Waals surface area contributed by atoms with E-state index < -0.39 is 0 Å².